The van der Waals surface area contributed by atoms with Gasteiger partial charge in [-0.15, -0.1) is 34.2 Å². The molecule has 0 amide bonds. The minimum absolute atomic E-state index is 0. The smallest absolute Gasteiger partial charge is 0.191 e. The van der Waals surface area contributed by atoms with Gasteiger partial charge in [0.2, 0.25) is 0 Å². The lowest BCUT2D eigenvalue weighted by molar-refractivity contribution is 0.0124. The number of pyridine rings is 1. The van der Waals surface area contributed by atoms with Crippen molar-refractivity contribution in [2.24, 2.45) is 4.99 Å². The standard InChI is InChI=1S/C21H29N7O2.HI/c1-3-22-21(24-15-20-26-25-19-6-4-5-9-28(19)20)23-14-17(18-8-7-16(2)30-18)27-10-12-29-13-11-27;/h4-9,17H,3,10-15H2,1-2H3,(H2,22,23,24);1H. The van der Waals surface area contributed by atoms with Gasteiger partial charge < -0.3 is 19.8 Å². The first-order valence-corrected chi connectivity index (χ1v) is 10.4. The van der Waals surface area contributed by atoms with Crippen molar-refractivity contribution in [1.82, 2.24) is 30.1 Å². The average Bonchev–Trinajstić information content (AvgIpc) is 3.39. The second-order valence-corrected chi connectivity index (χ2v) is 7.23. The van der Waals surface area contributed by atoms with Gasteiger partial charge in [-0.2, -0.15) is 0 Å². The van der Waals surface area contributed by atoms with E-state index in [1.807, 2.05) is 41.8 Å². The van der Waals surface area contributed by atoms with Crippen LogP contribution in [-0.2, 0) is 11.3 Å². The molecule has 1 aliphatic rings. The predicted molar refractivity (Wildman–Crippen MR) is 130 cm³/mol. The molecule has 0 bridgehead atoms. The highest BCUT2D eigenvalue weighted by molar-refractivity contribution is 14.0. The molecule has 1 aliphatic heterocycles. The van der Waals surface area contributed by atoms with Crippen molar-refractivity contribution in [1.29, 1.82) is 0 Å². The van der Waals surface area contributed by atoms with Crippen molar-refractivity contribution >= 4 is 35.6 Å². The topological polar surface area (TPSA) is 92.2 Å². The lowest BCUT2D eigenvalue weighted by atomic mass is 10.1. The van der Waals surface area contributed by atoms with Crippen LogP contribution in [0, 0.1) is 6.92 Å². The SMILES string of the molecule is CCNC(=NCc1nnc2ccccn12)NCC(c1ccc(C)o1)N1CCOCC1.I. The molecular formula is C21H30IN7O2. The van der Waals surface area contributed by atoms with Crippen LogP contribution in [0.2, 0.25) is 0 Å². The van der Waals surface area contributed by atoms with Crippen LogP contribution in [0.5, 0.6) is 0 Å². The number of guanidine groups is 1. The highest BCUT2D eigenvalue weighted by Gasteiger charge is 2.25. The van der Waals surface area contributed by atoms with Crippen LogP contribution in [0.1, 0.15) is 30.3 Å². The number of aliphatic imine (C=N–C) groups is 1. The van der Waals surface area contributed by atoms with Crippen molar-refractivity contribution in [2.45, 2.75) is 26.4 Å². The van der Waals surface area contributed by atoms with Gasteiger partial charge in [-0.1, -0.05) is 6.07 Å². The zero-order valence-electron chi connectivity index (χ0n) is 18.0. The third-order valence-electron chi connectivity index (χ3n) is 5.15. The Morgan fingerprint density at radius 3 is 2.74 bits per heavy atom. The fourth-order valence-corrected chi connectivity index (χ4v) is 3.61. The van der Waals surface area contributed by atoms with E-state index in [0.717, 1.165) is 61.8 Å². The van der Waals surface area contributed by atoms with Crippen LogP contribution >= 0.6 is 24.0 Å². The van der Waals surface area contributed by atoms with Gasteiger partial charge in [0, 0.05) is 32.4 Å². The Bertz CT molecular complexity index is 981. The zero-order chi connectivity index (χ0) is 20.8. The highest BCUT2D eigenvalue weighted by Crippen LogP contribution is 2.23. The number of nitrogens with zero attached hydrogens (tertiary/aromatic N) is 5. The number of furan rings is 1. The summed E-state index contributed by atoms with van der Waals surface area (Å²) in [6.07, 6.45) is 1.95. The Hall–Kier alpha value is -2.18. The molecule has 0 radical (unpaired) electrons. The zero-order valence-corrected chi connectivity index (χ0v) is 20.3. The lowest BCUT2D eigenvalue weighted by Crippen LogP contribution is -2.46. The van der Waals surface area contributed by atoms with Gasteiger partial charge in [0.1, 0.15) is 18.1 Å². The Balaban J connectivity index is 0.00000272. The van der Waals surface area contributed by atoms with E-state index in [2.05, 4.69) is 38.7 Å². The van der Waals surface area contributed by atoms with E-state index in [4.69, 9.17) is 14.1 Å². The Labute approximate surface area is 199 Å². The van der Waals surface area contributed by atoms with Crippen molar-refractivity contribution in [2.75, 3.05) is 39.4 Å². The average molecular weight is 539 g/mol. The maximum atomic E-state index is 5.95. The molecule has 0 spiro atoms. The summed E-state index contributed by atoms with van der Waals surface area (Å²) >= 11 is 0. The van der Waals surface area contributed by atoms with E-state index in [1.54, 1.807) is 0 Å². The molecule has 2 N–H and O–H groups in total. The lowest BCUT2D eigenvalue weighted by Gasteiger charge is -2.33. The molecule has 0 aliphatic carbocycles. The number of halogens is 1. The largest absolute Gasteiger partial charge is 0.465 e. The van der Waals surface area contributed by atoms with E-state index in [-0.39, 0.29) is 30.0 Å². The Morgan fingerprint density at radius 2 is 2.00 bits per heavy atom. The summed E-state index contributed by atoms with van der Waals surface area (Å²) in [5, 5.41) is 15.2. The fraction of sp³-hybridized carbons (Fsp3) is 0.476. The molecule has 10 heteroatoms. The number of ether oxygens (including phenoxy) is 1. The number of morpholine rings is 1. The first kappa shape index (κ1) is 23.5. The third kappa shape index (κ3) is 5.95. The van der Waals surface area contributed by atoms with Gasteiger partial charge in [-0.3, -0.25) is 9.30 Å². The van der Waals surface area contributed by atoms with Crippen LogP contribution in [-0.4, -0.2) is 64.9 Å². The van der Waals surface area contributed by atoms with Crippen LogP contribution < -0.4 is 10.6 Å². The molecule has 9 nitrogen and oxygen atoms in total. The molecular weight excluding hydrogens is 509 g/mol. The molecule has 3 aromatic rings. The first-order valence-electron chi connectivity index (χ1n) is 10.4. The number of rotatable bonds is 7. The molecule has 31 heavy (non-hydrogen) atoms. The molecule has 1 fully saturated rings. The number of aromatic nitrogens is 3. The Kier molecular flexibility index (Phi) is 8.67. The summed E-state index contributed by atoms with van der Waals surface area (Å²) in [5.41, 5.74) is 0.821. The van der Waals surface area contributed by atoms with E-state index >= 15 is 0 Å². The number of nitrogens with one attached hydrogen (secondary N) is 2. The normalized spacial score (nSPS) is 16.1. The molecule has 1 unspecified atom stereocenters. The van der Waals surface area contributed by atoms with Gasteiger partial charge in [-0.05, 0) is 38.1 Å². The van der Waals surface area contributed by atoms with Gasteiger partial charge in [0.15, 0.2) is 17.4 Å². The van der Waals surface area contributed by atoms with Crippen molar-refractivity contribution in [3.8, 4) is 0 Å². The summed E-state index contributed by atoms with van der Waals surface area (Å²) in [6.45, 7) is 9.16. The molecule has 0 aromatic carbocycles. The second kappa shape index (κ2) is 11.4. The predicted octanol–water partition coefficient (Wildman–Crippen LogP) is 2.38. The molecule has 1 saturated heterocycles. The van der Waals surface area contributed by atoms with Gasteiger partial charge >= 0.3 is 0 Å². The van der Waals surface area contributed by atoms with Gasteiger partial charge in [0.25, 0.3) is 0 Å². The molecule has 3 aromatic heterocycles. The van der Waals surface area contributed by atoms with Crippen molar-refractivity contribution < 1.29 is 9.15 Å². The van der Waals surface area contributed by atoms with Gasteiger partial charge in [0.05, 0.1) is 19.3 Å². The third-order valence-corrected chi connectivity index (χ3v) is 5.15. The molecule has 4 rings (SSSR count). The van der Waals surface area contributed by atoms with Crippen LogP contribution in [0.3, 0.4) is 0 Å². The summed E-state index contributed by atoms with van der Waals surface area (Å²) in [7, 11) is 0. The van der Waals surface area contributed by atoms with E-state index < -0.39 is 0 Å². The second-order valence-electron chi connectivity index (χ2n) is 7.23. The molecule has 1 atom stereocenters. The van der Waals surface area contributed by atoms with Crippen LogP contribution in [0.25, 0.3) is 5.65 Å². The number of hydrogen-bond acceptors (Lipinski definition) is 6. The minimum atomic E-state index is 0. The van der Waals surface area contributed by atoms with E-state index in [0.29, 0.717) is 13.1 Å². The quantitative estimate of drug-likeness (QED) is 0.271. The minimum Gasteiger partial charge on any atom is -0.465 e. The molecule has 168 valence electrons. The van der Waals surface area contributed by atoms with E-state index in [9.17, 15) is 0 Å². The number of fused-ring (bicyclic) bond motifs is 1. The summed E-state index contributed by atoms with van der Waals surface area (Å²) in [6, 6.07) is 10.0. The van der Waals surface area contributed by atoms with Crippen molar-refractivity contribution in [3.63, 3.8) is 0 Å². The fourth-order valence-electron chi connectivity index (χ4n) is 3.61. The highest BCUT2D eigenvalue weighted by atomic mass is 127. The maximum Gasteiger partial charge on any atom is 0.191 e. The molecule has 0 saturated carbocycles. The monoisotopic (exact) mass is 539 g/mol. The van der Waals surface area contributed by atoms with E-state index in [1.165, 1.54) is 0 Å². The summed E-state index contributed by atoms with van der Waals surface area (Å²) in [5.74, 6) is 3.42. The first-order chi connectivity index (χ1) is 14.7. The summed E-state index contributed by atoms with van der Waals surface area (Å²) in [4.78, 5) is 7.11. The van der Waals surface area contributed by atoms with Crippen LogP contribution in [0.15, 0.2) is 45.9 Å². The Morgan fingerprint density at radius 1 is 1.16 bits per heavy atom. The summed E-state index contributed by atoms with van der Waals surface area (Å²) < 4.78 is 13.4. The van der Waals surface area contributed by atoms with Gasteiger partial charge in [-0.25, -0.2) is 4.99 Å². The molecule has 4 heterocycles. The van der Waals surface area contributed by atoms with Crippen LogP contribution in [0.4, 0.5) is 0 Å². The number of hydrogen-bond donors (Lipinski definition) is 2. The number of aryl methyl sites for hydroxylation is 1. The van der Waals surface area contributed by atoms with Crippen molar-refractivity contribution in [3.05, 3.63) is 53.9 Å². The maximum absolute atomic E-state index is 5.95.